The van der Waals surface area contributed by atoms with Crippen molar-refractivity contribution in [2.24, 2.45) is 0 Å². The van der Waals surface area contributed by atoms with Gasteiger partial charge in [0.25, 0.3) is 0 Å². The van der Waals surface area contributed by atoms with Crippen LogP contribution in [0.25, 0.3) is 0 Å². The zero-order chi connectivity index (χ0) is 19.5. The first-order valence-corrected chi connectivity index (χ1v) is 10.4. The van der Waals surface area contributed by atoms with E-state index in [1.165, 1.54) is 0 Å². The van der Waals surface area contributed by atoms with Crippen LogP contribution < -0.4 is 9.47 Å². The molecule has 1 aliphatic heterocycles. The molecule has 0 spiro atoms. The Morgan fingerprint density at radius 2 is 1.79 bits per heavy atom. The fourth-order valence-corrected chi connectivity index (χ4v) is 4.27. The Kier molecular flexibility index (Phi) is 5.44. The van der Waals surface area contributed by atoms with Gasteiger partial charge < -0.3 is 14.0 Å². The van der Waals surface area contributed by atoms with E-state index in [-0.39, 0.29) is 11.9 Å². The van der Waals surface area contributed by atoms with Crippen LogP contribution in [0.15, 0.2) is 65.6 Å². The molecule has 1 aliphatic rings. The molecule has 4 nitrogen and oxygen atoms in total. The minimum atomic E-state index is -0.0821. The highest BCUT2D eigenvalue weighted by atomic mass is 32.2. The van der Waals surface area contributed by atoms with Gasteiger partial charge in [-0.05, 0) is 44.2 Å². The Labute approximate surface area is 169 Å². The van der Waals surface area contributed by atoms with Crippen LogP contribution in [-0.2, 0) is 6.54 Å². The van der Waals surface area contributed by atoms with Crippen molar-refractivity contribution in [1.29, 1.82) is 0 Å². The van der Waals surface area contributed by atoms with Crippen LogP contribution in [0, 0.1) is 13.8 Å². The van der Waals surface area contributed by atoms with E-state index in [1.807, 2.05) is 74.5 Å². The van der Waals surface area contributed by atoms with E-state index >= 15 is 0 Å². The molecule has 0 saturated heterocycles. The SMILES string of the molecule is Cc1cc(C(=O)CSc2ccccc2)c(C)n1CC1COc2ccccc2O1. The zero-order valence-corrected chi connectivity index (χ0v) is 16.9. The van der Waals surface area contributed by atoms with Crippen molar-refractivity contribution in [1.82, 2.24) is 4.57 Å². The average molecular weight is 394 g/mol. The molecule has 0 fully saturated rings. The summed E-state index contributed by atoms with van der Waals surface area (Å²) in [5.74, 6) is 2.15. The van der Waals surface area contributed by atoms with Crippen LogP contribution in [0.3, 0.4) is 0 Å². The molecule has 0 bridgehead atoms. The second-order valence-electron chi connectivity index (χ2n) is 6.92. The van der Waals surface area contributed by atoms with Crippen LogP contribution >= 0.6 is 11.8 Å². The predicted molar refractivity (Wildman–Crippen MR) is 112 cm³/mol. The number of aromatic nitrogens is 1. The van der Waals surface area contributed by atoms with Gasteiger partial charge in [0.15, 0.2) is 23.4 Å². The van der Waals surface area contributed by atoms with Gasteiger partial charge in [0, 0.05) is 21.8 Å². The van der Waals surface area contributed by atoms with E-state index < -0.39 is 0 Å². The van der Waals surface area contributed by atoms with Crippen molar-refractivity contribution in [3.63, 3.8) is 0 Å². The number of hydrogen-bond donors (Lipinski definition) is 0. The molecule has 2 heterocycles. The Morgan fingerprint density at radius 1 is 1.07 bits per heavy atom. The quantitative estimate of drug-likeness (QED) is 0.440. The summed E-state index contributed by atoms with van der Waals surface area (Å²) in [6, 6.07) is 19.7. The zero-order valence-electron chi connectivity index (χ0n) is 16.1. The van der Waals surface area contributed by atoms with Crippen molar-refractivity contribution in [2.45, 2.75) is 31.4 Å². The molecule has 1 aromatic heterocycles. The number of ether oxygens (including phenoxy) is 2. The normalized spacial score (nSPS) is 15.4. The van der Waals surface area contributed by atoms with E-state index in [2.05, 4.69) is 4.57 Å². The minimum Gasteiger partial charge on any atom is -0.486 e. The van der Waals surface area contributed by atoms with Crippen LogP contribution in [0.1, 0.15) is 21.7 Å². The Balaban J connectivity index is 1.45. The average Bonchev–Trinajstić information content (AvgIpc) is 3.01. The fraction of sp³-hybridized carbons (Fsp3) is 0.261. The van der Waals surface area contributed by atoms with Gasteiger partial charge in [-0.15, -0.1) is 11.8 Å². The van der Waals surface area contributed by atoms with E-state index in [4.69, 9.17) is 9.47 Å². The van der Waals surface area contributed by atoms with Crippen molar-refractivity contribution in [3.05, 3.63) is 77.6 Å². The molecule has 0 aliphatic carbocycles. The number of aryl methyl sites for hydroxylation is 1. The predicted octanol–water partition coefficient (Wildman–Crippen LogP) is 4.92. The number of rotatable bonds is 6. The van der Waals surface area contributed by atoms with Crippen LogP contribution in [-0.4, -0.2) is 28.8 Å². The molecule has 3 aromatic rings. The molecule has 2 aromatic carbocycles. The first-order chi connectivity index (χ1) is 13.6. The topological polar surface area (TPSA) is 40.5 Å². The summed E-state index contributed by atoms with van der Waals surface area (Å²) < 4.78 is 14.1. The van der Waals surface area contributed by atoms with E-state index in [1.54, 1.807) is 11.8 Å². The molecular formula is C23H23NO3S. The standard InChI is InChI=1S/C23H23NO3S/c1-16-12-20(21(25)15-28-19-8-4-3-5-9-19)17(2)24(16)13-18-14-26-22-10-6-7-11-23(22)27-18/h3-12,18H,13-15H2,1-2H3. The second kappa shape index (κ2) is 8.15. The number of carbonyl (C=O) groups is 1. The smallest absolute Gasteiger partial charge is 0.174 e. The van der Waals surface area contributed by atoms with Crippen LogP contribution in [0.5, 0.6) is 11.5 Å². The number of para-hydroxylation sites is 2. The monoisotopic (exact) mass is 393 g/mol. The van der Waals surface area contributed by atoms with E-state index in [0.717, 1.165) is 33.3 Å². The van der Waals surface area contributed by atoms with Gasteiger partial charge >= 0.3 is 0 Å². The summed E-state index contributed by atoms with van der Waals surface area (Å²) in [6.45, 7) is 5.20. The van der Waals surface area contributed by atoms with E-state index in [9.17, 15) is 4.79 Å². The highest BCUT2D eigenvalue weighted by molar-refractivity contribution is 8.00. The molecule has 5 heteroatoms. The number of fused-ring (bicyclic) bond motifs is 1. The first-order valence-electron chi connectivity index (χ1n) is 9.38. The lowest BCUT2D eigenvalue weighted by Gasteiger charge is -2.27. The molecular weight excluding hydrogens is 370 g/mol. The lowest BCUT2D eigenvalue weighted by Crippen LogP contribution is -2.33. The number of hydrogen-bond acceptors (Lipinski definition) is 4. The summed E-state index contributed by atoms with van der Waals surface area (Å²) in [7, 11) is 0. The molecule has 0 amide bonds. The molecule has 144 valence electrons. The van der Waals surface area contributed by atoms with Crippen molar-refractivity contribution < 1.29 is 14.3 Å². The van der Waals surface area contributed by atoms with Gasteiger partial charge in [-0.25, -0.2) is 0 Å². The summed E-state index contributed by atoms with van der Waals surface area (Å²) in [4.78, 5) is 13.9. The first kappa shape index (κ1) is 18.7. The summed E-state index contributed by atoms with van der Waals surface area (Å²) in [5, 5.41) is 0. The maximum Gasteiger partial charge on any atom is 0.174 e. The Bertz CT molecular complexity index is 981. The maximum atomic E-state index is 12.8. The van der Waals surface area contributed by atoms with Crippen molar-refractivity contribution in [3.8, 4) is 11.5 Å². The third-order valence-corrected chi connectivity index (χ3v) is 5.95. The molecule has 0 N–H and O–H groups in total. The van der Waals surface area contributed by atoms with Gasteiger partial charge in [0.1, 0.15) is 6.61 Å². The number of ketones is 1. The van der Waals surface area contributed by atoms with Gasteiger partial charge in [0.05, 0.1) is 12.3 Å². The largest absolute Gasteiger partial charge is 0.486 e. The number of thioether (sulfide) groups is 1. The van der Waals surface area contributed by atoms with Crippen LogP contribution in [0.2, 0.25) is 0 Å². The lowest BCUT2D eigenvalue weighted by molar-refractivity contribution is 0.0777. The van der Waals surface area contributed by atoms with Gasteiger partial charge in [-0.1, -0.05) is 30.3 Å². The summed E-state index contributed by atoms with van der Waals surface area (Å²) in [5.41, 5.74) is 2.84. The summed E-state index contributed by atoms with van der Waals surface area (Å²) >= 11 is 1.57. The second-order valence-corrected chi connectivity index (χ2v) is 7.97. The molecule has 28 heavy (non-hydrogen) atoms. The van der Waals surface area contributed by atoms with Crippen molar-refractivity contribution in [2.75, 3.05) is 12.4 Å². The molecule has 0 saturated carbocycles. The molecule has 4 rings (SSSR count). The highest BCUT2D eigenvalue weighted by Gasteiger charge is 2.23. The van der Waals surface area contributed by atoms with Gasteiger partial charge in [0.2, 0.25) is 0 Å². The van der Waals surface area contributed by atoms with Crippen LogP contribution in [0.4, 0.5) is 0 Å². The number of Topliss-reactive ketones (excluding diaryl/α,β-unsaturated/α-hetero) is 1. The maximum absolute atomic E-state index is 12.8. The van der Waals surface area contributed by atoms with Crippen molar-refractivity contribution >= 4 is 17.5 Å². The lowest BCUT2D eigenvalue weighted by atomic mass is 10.2. The number of carbonyl (C=O) groups excluding carboxylic acids is 1. The Morgan fingerprint density at radius 3 is 2.57 bits per heavy atom. The third kappa shape index (κ3) is 3.94. The van der Waals surface area contributed by atoms with E-state index in [0.29, 0.717) is 18.9 Å². The third-order valence-electron chi connectivity index (χ3n) is 4.94. The number of nitrogens with zero attached hydrogens (tertiary/aromatic N) is 1. The van der Waals surface area contributed by atoms with Gasteiger partial charge in [-0.3, -0.25) is 4.79 Å². The molecule has 1 atom stereocenters. The molecule has 0 radical (unpaired) electrons. The molecule has 1 unspecified atom stereocenters. The minimum absolute atomic E-state index is 0.0821. The van der Waals surface area contributed by atoms with Gasteiger partial charge in [-0.2, -0.15) is 0 Å². The highest BCUT2D eigenvalue weighted by Crippen LogP contribution is 2.31. The summed E-state index contributed by atoms with van der Waals surface area (Å²) in [6.07, 6.45) is -0.0821. The number of benzene rings is 2. The Hall–Kier alpha value is -2.66. The fourth-order valence-electron chi connectivity index (χ4n) is 3.46.